The van der Waals surface area contributed by atoms with Crippen molar-refractivity contribution in [2.45, 2.75) is 20.4 Å². The second-order valence-electron chi connectivity index (χ2n) is 5.95. The summed E-state index contributed by atoms with van der Waals surface area (Å²) in [6.07, 6.45) is 3.22. The Bertz CT molecular complexity index is 908. The number of allylic oxidation sites excluding steroid dienone is 1. The third kappa shape index (κ3) is 3.65. The van der Waals surface area contributed by atoms with E-state index in [0.717, 1.165) is 5.56 Å². The van der Waals surface area contributed by atoms with Gasteiger partial charge in [-0.05, 0) is 38.1 Å². The number of rotatable bonds is 6. The number of hydrogen-bond acceptors (Lipinski definition) is 5. The Morgan fingerprint density at radius 2 is 2.00 bits per heavy atom. The summed E-state index contributed by atoms with van der Waals surface area (Å²) in [5, 5.41) is 0. The first-order valence-electron chi connectivity index (χ1n) is 8.64. The average Bonchev–Trinajstić information content (AvgIpc) is 3.26. The molecule has 0 aliphatic carbocycles. The number of amides is 1. The molecule has 0 fully saturated rings. The van der Waals surface area contributed by atoms with Crippen molar-refractivity contribution in [2.75, 3.05) is 13.7 Å². The number of carbonyl (C=O) groups excluding carboxylic acids is 2. The number of esters is 1. The molecule has 140 valence electrons. The van der Waals surface area contributed by atoms with Crippen LogP contribution < -0.4 is 4.74 Å². The van der Waals surface area contributed by atoms with Crippen LogP contribution in [-0.2, 0) is 20.9 Å². The highest BCUT2D eigenvalue weighted by atomic mass is 16.5. The van der Waals surface area contributed by atoms with E-state index >= 15 is 0 Å². The Morgan fingerprint density at radius 3 is 2.67 bits per heavy atom. The molecule has 0 radical (unpaired) electrons. The molecular formula is C21H21NO5. The summed E-state index contributed by atoms with van der Waals surface area (Å²) in [5.74, 6) is 0.438. The highest BCUT2D eigenvalue weighted by Crippen LogP contribution is 2.34. The lowest BCUT2D eigenvalue weighted by atomic mass is 10.0. The molecule has 0 atom stereocenters. The first-order valence-corrected chi connectivity index (χ1v) is 8.64. The van der Waals surface area contributed by atoms with Crippen LogP contribution in [0.2, 0.25) is 0 Å². The average molecular weight is 367 g/mol. The smallest absolute Gasteiger partial charge is 0.340 e. The molecule has 0 spiro atoms. The number of methoxy groups -OCH3 is 1. The van der Waals surface area contributed by atoms with E-state index in [4.69, 9.17) is 13.9 Å². The van der Waals surface area contributed by atoms with E-state index in [1.54, 1.807) is 31.4 Å². The van der Waals surface area contributed by atoms with Gasteiger partial charge in [0.2, 0.25) is 0 Å². The van der Waals surface area contributed by atoms with Crippen LogP contribution in [0.25, 0.3) is 6.08 Å². The maximum Gasteiger partial charge on any atom is 0.340 e. The topological polar surface area (TPSA) is 69.0 Å². The molecule has 2 aromatic rings. The molecule has 0 N–H and O–H groups in total. The van der Waals surface area contributed by atoms with Gasteiger partial charge in [-0.15, -0.1) is 0 Å². The van der Waals surface area contributed by atoms with Gasteiger partial charge in [0.15, 0.2) is 0 Å². The van der Waals surface area contributed by atoms with Crippen LogP contribution in [0.1, 0.15) is 25.2 Å². The molecule has 0 saturated carbocycles. The number of benzene rings is 1. The fourth-order valence-electron chi connectivity index (χ4n) is 3.02. The Kier molecular flexibility index (Phi) is 5.45. The maximum atomic E-state index is 13.1. The summed E-state index contributed by atoms with van der Waals surface area (Å²) in [7, 11) is 1.30. The van der Waals surface area contributed by atoms with E-state index in [1.807, 2.05) is 31.2 Å². The molecule has 0 unspecified atom stereocenters. The molecule has 1 amide bonds. The van der Waals surface area contributed by atoms with E-state index < -0.39 is 5.97 Å². The molecule has 1 aromatic carbocycles. The van der Waals surface area contributed by atoms with Gasteiger partial charge in [0.1, 0.15) is 11.5 Å². The standard InChI is InChI=1S/C21H21NO5/c1-4-26-18-10-6-5-8-15(18)12-17-19(21(24)25-3)14(2)22(20(17)23)13-16-9-7-11-27-16/h5-12H,4,13H2,1-3H3/b17-12-. The number of para-hydroxylation sites is 1. The van der Waals surface area contributed by atoms with Gasteiger partial charge in [0, 0.05) is 11.3 Å². The number of furan rings is 1. The molecule has 1 aromatic heterocycles. The van der Waals surface area contributed by atoms with Gasteiger partial charge in [0.25, 0.3) is 5.91 Å². The normalized spacial score (nSPS) is 15.6. The molecule has 2 heterocycles. The number of nitrogens with zero attached hydrogens (tertiary/aromatic N) is 1. The first-order chi connectivity index (χ1) is 13.1. The van der Waals surface area contributed by atoms with E-state index in [1.165, 1.54) is 12.0 Å². The molecule has 0 bridgehead atoms. The zero-order valence-electron chi connectivity index (χ0n) is 15.5. The molecule has 27 heavy (non-hydrogen) atoms. The zero-order valence-corrected chi connectivity index (χ0v) is 15.5. The van der Waals surface area contributed by atoms with Gasteiger partial charge in [-0.3, -0.25) is 4.79 Å². The predicted molar refractivity (Wildman–Crippen MR) is 99.6 cm³/mol. The minimum atomic E-state index is -0.553. The SMILES string of the molecule is CCOc1ccccc1/C=C1\C(=O)N(Cc2ccco2)C(C)=C1C(=O)OC. The maximum absolute atomic E-state index is 13.1. The number of hydrogen-bond donors (Lipinski definition) is 0. The zero-order chi connectivity index (χ0) is 19.4. The van der Waals surface area contributed by atoms with Crippen molar-refractivity contribution >= 4 is 18.0 Å². The predicted octanol–water partition coefficient (Wildman–Crippen LogP) is 3.55. The summed E-state index contributed by atoms with van der Waals surface area (Å²) in [4.78, 5) is 27.0. The summed E-state index contributed by atoms with van der Waals surface area (Å²) in [6.45, 7) is 4.35. The van der Waals surface area contributed by atoms with Gasteiger partial charge in [-0.1, -0.05) is 18.2 Å². The van der Waals surface area contributed by atoms with E-state index in [0.29, 0.717) is 23.8 Å². The van der Waals surface area contributed by atoms with Crippen molar-refractivity contribution in [1.29, 1.82) is 0 Å². The van der Waals surface area contributed by atoms with Crippen LogP contribution in [-0.4, -0.2) is 30.5 Å². The molecule has 6 heteroatoms. The van der Waals surface area contributed by atoms with E-state index in [-0.39, 0.29) is 23.6 Å². The lowest BCUT2D eigenvalue weighted by Gasteiger charge is -2.16. The Morgan fingerprint density at radius 1 is 1.22 bits per heavy atom. The Labute approximate surface area is 157 Å². The lowest BCUT2D eigenvalue weighted by Crippen LogP contribution is -2.24. The van der Waals surface area contributed by atoms with Crippen LogP contribution in [0.3, 0.4) is 0 Å². The summed E-state index contributed by atoms with van der Waals surface area (Å²) in [5.41, 5.74) is 1.78. The second-order valence-corrected chi connectivity index (χ2v) is 5.95. The third-order valence-corrected chi connectivity index (χ3v) is 4.31. The van der Waals surface area contributed by atoms with Crippen molar-refractivity contribution in [3.05, 3.63) is 70.8 Å². The third-order valence-electron chi connectivity index (χ3n) is 4.31. The summed E-state index contributed by atoms with van der Waals surface area (Å²) in [6, 6.07) is 10.9. The minimum absolute atomic E-state index is 0.239. The second kappa shape index (κ2) is 7.95. The van der Waals surface area contributed by atoms with Crippen molar-refractivity contribution in [1.82, 2.24) is 4.90 Å². The van der Waals surface area contributed by atoms with Gasteiger partial charge in [-0.25, -0.2) is 4.79 Å². The van der Waals surface area contributed by atoms with Crippen molar-refractivity contribution in [3.63, 3.8) is 0 Å². The van der Waals surface area contributed by atoms with E-state index in [2.05, 4.69) is 0 Å². The van der Waals surface area contributed by atoms with Crippen LogP contribution in [0.15, 0.2) is 63.9 Å². The van der Waals surface area contributed by atoms with Crippen molar-refractivity contribution in [3.8, 4) is 5.75 Å². The monoisotopic (exact) mass is 367 g/mol. The molecule has 0 saturated heterocycles. The highest BCUT2D eigenvalue weighted by molar-refractivity contribution is 6.16. The van der Waals surface area contributed by atoms with Gasteiger partial charge < -0.3 is 18.8 Å². The molecule has 1 aliphatic rings. The molecule has 3 rings (SSSR count). The van der Waals surface area contributed by atoms with Crippen LogP contribution in [0.4, 0.5) is 0 Å². The van der Waals surface area contributed by atoms with Crippen LogP contribution in [0.5, 0.6) is 5.75 Å². The lowest BCUT2D eigenvalue weighted by molar-refractivity contribution is -0.136. The fourth-order valence-corrected chi connectivity index (χ4v) is 3.02. The highest BCUT2D eigenvalue weighted by Gasteiger charge is 2.37. The quantitative estimate of drug-likeness (QED) is 0.577. The van der Waals surface area contributed by atoms with Crippen molar-refractivity contribution in [2.24, 2.45) is 0 Å². The molecule has 1 aliphatic heterocycles. The van der Waals surface area contributed by atoms with Crippen LogP contribution in [0, 0.1) is 0 Å². The molecule has 6 nitrogen and oxygen atoms in total. The number of carbonyl (C=O) groups is 2. The minimum Gasteiger partial charge on any atom is -0.493 e. The fraction of sp³-hybridized carbons (Fsp3) is 0.238. The Balaban J connectivity index is 2.05. The Hall–Kier alpha value is -3.28. The number of ether oxygens (including phenoxy) is 2. The van der Waals surface area contributed by atoms with Gasteiger partial charge in [0.05, 0.1) is 37.7 Å². The van der Waals surface area contributed by atoms with E-state index in [9.17, 15) is 9.59 Å². The largest absolute Gasteiger partial charge is 0.493 e. The first kappa shape index (κ1) is 18.5. The summed E-state index contributed by atoms with van der Waals surface area (Å²) < 4.78 is 15.9. The van der Waals surface area contributed by atoms with Crippen molar-refractivity contribution < 1.29 is 23.5 Å². The van der Waals surface area contributed by atoms with Crippen LogP contribution >= 0.6 is 0 Å². The summed E-state index contributed by atoms with van der Waals surface area (Å²) >= 11 is 0. The van der Waals surface area contributed by atoms with Gasteiger partial charge in [-0.2, -0.15) is 0 Å². The van der Waals surface area contributed by atoms with Gasteiger partial charge >= 0.3 is 5.97 Å². The molecular weight excluding hydrogens is 346 g/mol.